The van der Waals surface area contributed by atoms with Gasteiger partial charge in [0.25, 0.3) is 5.91 Å². The molecule has 1 radical (unpaired) electrons. The number of fused-ring (bicyclic) bond motifs is 2. The minimum absolute atomic E-state index is 0.619. The Labute approximate surface area is 134 Å². The van der Waals surface area contributed by atoms with Gasteiger partial charge in [-0.15, -0.1) is 0 Å². The monoisotopic (exact) mass is 300 g/mol. The standard InChI is InChI=1S/C20H14NO2/c21-20(22)19-15-9-4-5-11-16(15)23-17-12-6-10-14(18(17)19)13-7-2-1-3-8-13/h1-12,19,21H. The number of rotatable bonds is 2. The number of hydrogen-bond donors (Lipinski definition) is 0. The Hall–Kier alpha value is -3.07. The maximum Gasteiger partial charge on any atom is 0.250 e. The average Bonchev–Trinajstić information content (AvgIpc) is 2.59. The second kappa shape index (κ2) is 5.29. The van der Waals surface area contributed by atoms with Crippen molar-refractivity contribution in [3.05, 3.63) is 83.9 Å². The molecule has 3 nitrogen and oxygen atoms in total. The number of benzene rings is 3. The maximum atomic E-state index is 12.1. The first-order chi connectivity index (χ1) is 11.3. The summed E-state index contributed by atoms with van der Waals surface area (Å²) in [5.41, 5.74) is 11.3. The zero-order valence-electron chi connectivity index (χ0n) is 12.3. The first kappa shape index (κ1) is 13.6. The lowest BCUT2D eigenvalue weighted by molar-refractivity contribution is -0.119. The Bertz CT molecular complexity index is 887. The Morgan fingerprint density at radius 1 is 0.826 bits per heavy atom. The molecule has 1 amide bonds. The Balaban J connectivity index is 1.99. The second-order valence-corrected chi connectivity index (χ2v) is 5.52. The Morgan fingerprint density at radius 3 is 2.30 bits per heavy atom. The summed E-state index contributed by atoms with van der Waals surface area (Å²) in [7, 11) is 0. The predicted octanol–water partition coefficient (Wildman–Crippen LogP) is 4.40. The van der Waals surface area contributed by atoms with E-state index in [9.17, 15) is 4.79 Å². The third kappa shape index (κ3) is 2.18. The van der Waals surface area contributed by atoms with E-state index in [4.69, 9.17) is 10.5 Å². The van der Waals surface area contributed by atoms with E-state index in [-0.39, 0.29) is 0 Å². The maximum absolute atomic E-state index is 12.1. The summed E-state index contributed by atoms with van der Waals surface area (Å²) >= 11 is 0. The molecule has 0 spiro atoms. The van der Waals surface area contributed by atoms with E-state index >= 15 is 0 Å². The van der Waals surface area contributed by atoms with Gasteiger partial charge >= 0.3 is 0 Å². The van der Waals surface area contributed by atoms with Gasteiger partial charge in [0, 0.05) is 11.1 Å². The number of nitrogens with one attached hydrogen (secondary N) is 1. The van der Waals surface area contributed by atoms with Crippen molar-refractivity contribution in [2.24, 2.45) is 0 Å². The minimum atomic E-state index is -0.620. The van der Waals surface area contributed by atoms with Gasteiger partial charge in [-0.2, -0.15) is 0 Å². The van der Waals surface area contributed by atoms with E-state index < -0.39 is 11.8 Å². The van der Waals surface area contributed by atoms with Crippen LogP contribution in [0.1, 0.15) is 17.0 Å². The highest BCUT2D eigenvalue weighted by atomic mass is 16.5. The lowest BCUT2D eigenvalue weighted by atomic mass is 9.83. The van der Waals surface area contributed by atoms with Crippen LogP contribution in [0.25, 0.3) is 11.1 Å². The fraction of sp³-hybridized carbons (Fsp3) is 0.0500. The lowest BCUT2D eigenvalue weighted by Crippen LogP contribution is -2.20. The summed E-state index contributed by atoms with van der Waals surface area (Å²) in [6.45, 7) is 0. The fourth-order valence-electron chi connectivity index (χ4n) is 3.16. The van der Waals surface area contributed by atoms with Crippen LogP contribution in [0.4, 0.5) is 0 Å². The van der Waals surface area contributed by atoms with Crippen LogP contribution in [0.3, 0.4) is 0 Å². The molecule has 23 heavy (non-hydrogen) atoms. The molecule has 3 aromatic rings. The van der Waals surface area contributed by atoms with Crippen LogP contribution < -0.4 is 10.5 Å². The smallest absolute Gasteiger partial charge is 0.250 e. The highest BCUT2D eigenvalue weighted by molar-refractivity contribution is 5.91. The van der Waals surface area contributed by atoms with Gasteiger partial charge in [0.15, 0.2) is 0 Å². The molecular formula is C20H14NO2. The molecular weight excluding hydrogens is 286 g/mol. The van der Waals surface area contributed by atoms with Crippen molar-refractivity contribution in [3.63, 3.8) is 0 Å². The van der Waals surface area contributed by atoms with Crippen LogP contribution in [0, 0.1) is 0 Å². The molecule has 0 saturated carbocycles. The van der Waals surface area contributed by atoms with Gasteiger partial charge in [-0.1, -0.05) is 60.7 Å². The quantitative estimate of drug-likeness (QED) is 0.704. The molecule has 1 unspecified atom stereocenters. The van der Waals surface area contributed by atoms with Gasteiger partial charge in [-0.05, 0) is 23.3 Å². The summed E-state index contributed by atoms with van der Waals surface area (Å²) in [5, 5.41) is 0. The van der Waals surface area contributed by atoms with Gasteiger partial charge in [0.2, 0.25) is 0 Å². The molecule has 4 rings (SSSR count). The molecule has 1 aliphatic rings. The zero-order valence-corrected chi connectivity index (χ0v) is 12.3. The van der Waals surface area contributed by atoms with Gasteiger partial charge < -0.3 is 4.74 Å². The first-order valence-corrected chi connectivity index (χ1v) is 7.46. The van der Waals surface area contributed by atoms with Crippen LogP contribution in [0.15, 0.2) is 72.8 Å². The Morgan fingerprint density at radius 2 is 1.52 bits per heavy atom. The van der Waals surface area contributed by atoms with Crippen LogP contribution in [-0.2, 0) is 4.79 Å². The lowest BCUT2D eigenvalue weighted by Gasteiger charge is -2.28. The van der Waals surface area contributed by atoms with Gasteiger partial charge in [0.1, 0.15) is 11.5 Å². The predicted molar refractivity (Wildman–Crippen MR) is 88.3 cm³/mol. The largest absolute Gasteiger partial charge is 0.457 e. The normalized spacial score (nSPS) is 15.2. The van der Waals surface area contributed by atoms with Crippen molar-refractivity contribution >= 4 is 5.91 Å². The van der Waals surface area contributed by atoms with Crippen LogP contribution >= 0.6 is 0 Å². The summed E-state index contributed by atoms with van der Waals surface area (Å²) in [6.07, 6.45) is 0. The number of amides is 1. The molecule has 0 fully saturated rings. The molecule has 0 aliphatic carbocycles. The van der Waals surface area contributed by atoms with Gasteiger partial charge in [-0.25, -0.2) is 0 Å². The van der Waals surface area contributed by atoms with E-state index in [1.807, 2.05) is 72.8 Å². The number of para-hydroxylation sites is 1. The molecule has 1 heterocycles. The number of hydrogen-bond acceptors (Lipinski definition) is 2. The van der Waals surface area contributed by atoms with Crippen LogP contribution in [0.5, 0.6) is 11.5 Å². The third-order valence-corrected chi connectivity index (χ3v) is 4.15. The molecule has 3 heteroatoms. The zero-order chi connectivity index (χ0) is 15.8. The van der Waals surface area contributed by atoms with Crippen molar-refractivity contribution in [1.29, 1.82) is 0 Å². The molecule has 3 aromatic carbocycles. The van der Waals surface area contributed by atoms with E-state index in [0.29, 0.717) is 11.5 Å². The summed E-state index contributed by atoms with van der Waals surface area (Å²) in [5.74, 6) is 0.0585. The van der Waals surface area contributed by atoms with E-state index in [1.165, 1.54) is 0 Å². The van der Waals surface area contributed by atoms with Gasteiger partial charge in [-0.3, -0.25) is 10.5 Å². The SMILES string of the molecule is [NH]C(=O)C1c2ccccc2Oc2cccc(-c3ccccc3)c21. The molecule has 111 valence electrons. The molecule has 0 saturated heterocycles. The summed E-state index contributed by atoms with van der Waals surface area (Å²) in [4.78, 5) is 12.1. The molecule has 1 aliphatic heterocycles. The molecule has 0 bridgehead atoms. The highest BCUT2D eigenvalue weighted by Crippen LogP contribution is 2.47. The first-order valence-electron chi connectivity index (χ1n) is 7.46. The van der Waals surface area contributed by atoms with Crippen LogP contribution in [0.2, 0.25) is 0 Å². The number of ether oxygens (including phenoxy) is 1. The van der Waals surface area contributed by atoms with Crippen LogP contribution in [-0.4, -0.2) is 5.91 Å². The van der Waals surface area contributed by atoms with E-state index in [0.717, 1.165) is 22.3 Å². The second-order valence-electron chi connectivity index (χ2n) is 5.52. The molecule has 0 aromatic heterocycles. The Kier molecular flexibility index (Phi) is 3.12. The highest BCUT2D eigenvalue weighted by Gasteiger charge is 2.33. The van der Waals surface area contributed by atoms with Gasteiger partial charge in [0.05, 0.1) is 5.92 Å². The average molecular weight is 300 g/mol. The molecule has 1 N–H and O–H groups in total. The topological polar surface area (TPSA) is 50.1 Å². The van der Waals surface area contributed by atoms with Crippen molar-refractivity contribution in [3.8, 4) is 22.6 Å². The van der Waals surface area contributed by atoms with Crippen molar-refractivity contribution in [2.75, 3.05) is 0 Å². The fourth-order valence-corrected chi connectivity index (χ4v) is 3.16. The minimum Gasteiger partial charge on any atom is -0.457 e. The number of carbonyl (C=O) groups is 1. The third-order valence-electron chi connectivity index (χ3n) is 4.15. The summed E-state index contributed by atoms with van der Waals surface area (Å²) in [6, 6.07) is 23.1. The number of carbonyl (C=O) groups excluding carboxylic acids is 1. The van der Waals surface area contributed by atoms with E-state index in [2.05, 4.69) is 0 Å². The van der Waals surface area contributed by atoms with Crippen molar-refractivity contribution in [2.45, 2.75) is 5.92 Å². The molecule has 1 atom stereocenters. The van der Waals surface area contributed by atoms with Crippen molar-refractivity contribution in [1.82, 2.24) is 5.73 Å². The van der Waals surface area contributed by atoms with E-state index in [1.54, 1.807) is 0 Å². The summed E-state index contributed by atoms with van der Waals surface area (Å²) < 4.78 is 5.98. The van der Waals surface area contributed by atoms with Crippen molar-refractivity contribution < 1.29 is 9.53 Å².